The van der Waals surface area contributed by atoms with Crippen molar-refractivity contribution in [2.75, 3.05) is 5.32 Å². The van der Waals surface area contributed by atoms with Gasteiger partial charge in [0.05, 0.1) is 5.69 Å². The van der Waals surface area contributed by atoms with Crippen LogP contribution < -0.4 is 5.32 Å². The summed E-state index contributed by atoms with van der Waals surface area (Å²) in [6.45, 7) is 1.88. The second kappa shape index (κ2) is 5.84. The third-order valence-electron chi connectivity index (χ3n) is 2.14. The summed E-state index contributed by atoms with van der Waals surface area (Å²) in [5, 5.41) is 11.6. The van der Waals surface area contributed by atoms with Gasteiger partial charge in [-0.05, 0) is 24.6 Å². The Bertz CT molecular complexity index is 384. The number of carboxylic acid groups (broad SMARTS) is 1. The standard InChI is InChI=1S/C11H13BrFNO2/c1-2-3-10(11(15)16)14-9-5-4-7(12)6-8(9)13/h4-6,10,14H,2-3H2,1H3,(H,15,16)/t10-/m1/s1. The van der Waals surface area contributed by atoms with E-state index in [-0.39, 0.29) is 5.69 Å². The molecular weight excluding hydrogens is 277 g/mol. The molecule has 16 heavy (non-hydrogen) atoms. The van der Waals surface area contributed by atoms with Gasteiger partial charge < -0.3 is 10.4 Å². The van der Waals surface area contributed by atoms with E-state index in [0.29, 0.717) is 10.9 Å². The summed E-state index contributed by atoms with van der Waals surface area (Å²) in [7, 11) is 0. The fourth-order valence-corrected chi connectivity index (χ4v) is 1.67. The molecule has 2 N–H and O–H groups in total. The number of carbonyl (C=O) groups is 1. The minimum Gasteiger partial charge on any atom is -0.480 e. The van der Waals surface area contributed by atoms with E-state index in [2.05, 4.69) is 21.2 Å². The molecule has 0 amide bonds. The van der Waals surface area contributed by atoms with Crippen LogP contribution in [0, 0.1) is 5.82 Å². The van der Waals surface area contributed by atoms with Crippen LogP contribution in [0.2, 0.25) is 0 Å². The molecule has 0 unspecified atom stereocenters. The van der Waals surface area contributed by atoms with Gasteiger partial charge in [-0.15, -0.1) is 0 Å². The normalized spacial score (nSPS) is 12.2. The predicted molar refractivity (Wildman–Crippen MR) is 64.1 cm³/mol. The minimum atomic E-state index is -0.968. The van der Waals surface area contributed by atoms with Crippen LogP contribution in [0.15, 0.2) is 22.7 Å². The van der Waals surface area contributed by atoms with Crippen molar-refractivity contribution in [2.45, 2.75) is 25.8 Å². The summed E-state index contributed by atoms with van der Waals surface area (Å²) in [4.78, 5) is 10.9. The molecule has 0 radical (unpaired) electrons. The maximum Gasteiger partial charge on any atom is 0.326 e. The quantitative estimate of drug-likeness (QED) is 0.875. The fourth-order valence-electron chi connectivity index (χ4n) is 1.34. The summed E-state index contributed by atoms with van der Waals surface area (Å²) in [6, 6.07) is 3.73. The molecule has 0 bridgehead atoms. The van der Waals surface area contributed by atoms with Crippen LogP contribution in [0.25, 0.3) is 0 Å². The Morgan fingerprint density at radius 3 is 2.81 bits per heavy atom. The molecule has 0 spiro atoms. The lowest BCUT2D eigenvalue weighted by molar-refractivity contribution is -0.138. The molecule has 0 aliphatic rings. The average Bonchev–Trinajstić information content (AvgIpc) is 2.20. The van der Waals surface area contributed by atoms with Crippen LogP contribution in [0.5, 0.6) is 0 Å². The highest BCUT2D eigenvalue weighted by atomic mass is 79.9. The highest BCUT2D eigenvalue weighted by Crippen LogP contribution is 2.20. The number of aliphatic carboxylic acids is 1. The summed E-state index contributed by atoms with van der Waals surface area (Å²) in [5.41, 5.74) is 0.212. The Labute approximate surface area is 102 Å². The van der Waals surface area contributed by atoms with Gasteiger partial charge in [0.25, 0.3) is 0 Å². The number of nitrogens with one attached hydrogen (secondary N) is 1. The third kappa shape index (κ3) is 3.48. The molecular formula is C11H13BrFNO2. The zero-order valence-electron chi connectivity index (χ0n) is 8.84. The van der Waals surface area contributed by atoms with Gasteiger partial charge in [-0.25, -0.2) is 9.18 Å². The molecule has 88 valence electrons. The van der Waals surface area contributed by atoms with Gasteiger partial charge in [0.1, 0.15) is 11.9 Å². The van der Waals surface area contributed by atoms with Crippen molar-refractivity contribution in [3.05, 3.63) is 28.5 Å². The van der Waals surface area contributed by atoms with Crippen molar-refractivity contribution in [1.29, 1.82) is 0 Å². The summed E-state index contributed by atoms with van der Waals surface area (Å²) in [5.74, 6) is -1.43. The SMILES string of the molecule is CCC[C@@H](Nc1ccc(Br)cc1F)C(=O)O. The van der Waals surface area contributed by atoms with Crippen molar-refractivity contribution in [3.63, 3.8) is 0 Å². The highest BCUT2D eigenvalue weighted by molar-refractivity contribution is 9.10. The number of hydrogen-bond acceptors (Lipinski definition) is 2. The Hall–Kier alpha value is -1.10. The molecule has 1 aromatic carbocycles. The smallest absolute Gasteiger partial charge is 0.326 e. The second-order valence-corrected chi connectivity index (χ2v) is 4.36. The first kappa shape index (κ1) is 13.0. The minimum absolute atomic E-state index is 0.212. The van der Waals surface area contributed by atoms with Crippen molar-refractivity contribution in [1.82, 2.24) is 0 Å². The molecule has 5 heteroatoms. The number of carboxylic acids is 1. The topological polar surface area (TPSA) is 49.3 Å². The summed E-state index contributed by atoms with van der Waals surface area (Å²) < 4.78 is 14.1. The van der Waals surface area contributed by atoms with E-state index in [1.807, 2.05) is 6.92 Å². The van der Waals surface area contributed by atoms with Gasteiger partial charge in [-0.2, -0.15) is 0 Å². The van der Waals surface area contributed by atoms with E-state index in [9.17, 15) is 9.18 Å². The Morgan fingerprint density at radius 2 is 2.31 bits per heavy atom. The molecule has 0 aliphatic heterocycles. The van der Waals surface area contributed by atoms with Gasteiger partial charge in [-0.3, -0.25) is 0 Å². The largest absolute Gasteiger partial charge is 0.480 e. The summed E-state index contributed by atoms with van der Waals surface area (Å²) >= 11 is 3.14. The van der Waals surface area contributed by atoms with Crippen LogP contribution in [-0.4, -0.2) is 17.1 Å². The first-order valence-corrected chi connectivity index (χ1v) is 5.78. The van der Waals surface area contributed by atoms with E-state index < -0.39 is 17.8 Å². The van der Waals surface area contributed by atoms with Gasteiger partial charge in [0, 0.05) is 4.47 Å². The van der Waals surface area contributed by atoms with Crippen LogP contribution in [0.4, 0.5) is 10.1 Å². The highest BCUT2D eigenvalue weighted by Gasteiger charge is 2.17. The van der Waals surface area contributed by atoms with Crippen LogP contribution in [-0.2, 0) is 4.79 Å². The first-order chi connectivity index (χ1) is 7.54. The van der Waals surface area contributed by atoms with E-state index in [4.69, 9.17) is 5.11 Å². The van der Waals surface area contributed by atoms with Crippen molar-refractivity contribution < 1.29 is 14.3 Å². The zero-order chi connectivity index (χ0) is 12.1. The predicted octanol–water partition coefficient (Wildman–Crippen LogP) is 3.25. The lowest BCUT2D eigenvalue weighted by Gasteiger charge is -2.15. The van der Waals surface area contributed by atoms with Crippen LogP contribution in [0.3, 0.4) is 0 Å². The Balaban J connectivity index is 2.81. The monoisotopic (exact) mass is 289 g/mol. The number of benzene rings is 1. The molecule has 1 atom stereocenters. The number of halogens is 2. The van der Waals surface area contributed by atoms with E-state index in [1.165, 1.54) is 12.1 Å². The molecule has 0 aromatic heterocycles. The van der Waals surface area contributed by atoms with E-state index in [1.54, 1.807) is 6.07 Å². The summed E-state index contributed by atoms with van der Waals surface area (Å²) in [6.07, 6.45) is 1.19. The molecule has 1 rings (SSSR count). The van der Waals surface area contributed by atoms with Gasteiger partial charge in [0.15, 0.2) is 0 Å². The third-order valence-corrected chi connectivity index (χ3v) is 2.63. The molecule has 0 saturated carbocycles. The van der Waals surface area contributed by atoms with E-state index >= 15 is 0 Å². The molecule has 3 nitrogen and oxygen atoms in total. The van der Waals surface area contributed by atoms with Crippen molar-refractivity contribution >= 4 is 27.6 Å². The zero-order valence-corrected chi connectivity index (χ0v) is 10.4. The number of anilines is 1. The maximum atomic E-state index is 13.4. The molecule has 0 saturated heterocycles. The molecule has 0 fully saturated rings. The maximum absolute atomic E-state index is 13.4. The fraction of sp³-hybridized carbons (Fsp3) is 0.364. The lowest BCUT2D eigenvalue weighted by atomic mass is 10.1. The Morgan fingerprint density at radius 1 is 1.62 bits per heavy atom. The molecule has 1 aromatic rings. The van der Waals surface area contributed by atoms with E-state index in [0.717, 1.165) is 6.42 Å². The first-order valence-electron chi connectivity index (χ1n) is 4.99. The van der Waals surface area contributed by atoms with Gasteiger partial charge in [0.2, 0.25) is 0 Å². The van der Waals surface area contributed by atoms with Crippen molar-refractivity contribution in [3.8, 4) is 0 Å². The number of hydrogen-bond donors (Lipinski definition) is 2. The van der Waals surface area contributed by atoms with Crippen LogP contribution >= 0.6 is 15.9 Å². The number of rotatable bonds is 5. The van der Waals surface area contributed by atoms with Gasteiger partial charge in [-0.1, -0.05) is 29.3 Å². The molecule has 0 heterocycles. The lowest BCUT2D eigenvalue weighted by Crippen LogP contribution is -2.29. The van der Waals surface area contributed by atoms with Crippen molar-refractivity contribution in [2.24, 2.45) is 0 Å². The molecule has 0 aliphatic carbocycles. The average molecular weight is 290 g/mol. The second-order valence-electron chi connectivity index (χ2n) is 3.45. The van der Waals surface area contributed by atoms with Crippen LogP contribution in [0.1, 0.15) is 19.8 Å². The Kier molecular flexibility index (Phi) is 4.73. The van der Waals surface area contributed by atoms with Gasteiger partial charge >= 0.3 is 5.97 Å².